The van der Waals surface area contributed by atoms with E-state index in [9.17, 15) is 0 Å². The molecule has 0 saturated carbocycles. The molecular formula is C33H32Si. The van der Waals surface area contributed by atoms with Gasteiger partial charge < -0.3 is 0 Å². The van der Waals surface area contributed by atoms with E-state index in [1.807, 2.05) is 0 Å². The molecule has 0 saturated heterocycles. The minimum Gasteiger partial charge on any atom is -0.0862 e. The van der Waals surface area contributed by atoms with Gasteiger partial charge in [-0.15, -0.1) is 0 Å². The van der Waals surface area contributed by atoms with Crippen LogP contribution in [0.25, 0.3) is 22.3 Å². The normalized spacial score (nSPS) is 14.3. The largest absolute Gasteiger partial charge is 0.0862 e. The Kier molecular flexibility index (Phi) is 5.19. The zero-order valence-electron chi connectivity index (χ0n) is 20.4. The lowest BCUT2D eigenvalue weighted by atomic mass is 10.1. The quantitative estimate of drug-likeness (QED) is 0.207. The summed E-state index contributed by atoms with van der Waals surface area (Å²) in [5.74, 6) is 0. The van der Waals surface area contributed by atoms with Crippen molar-refractivity contribution in [2.75, 3.05) is 0 Å². The van der Waals surface area contributed by atoms with Crippen molar-refractivity contribution in [3.63, 3.8) is 0 Å². The Morgan fingerprint density at radius 3 is 1.24 bits per heavy atom. The van der Waals surface area contributed by atoms with Gasteiger partial charge in [0.2, 0.25) is 0 Å². The third-order valence-electron chi connectivity index (χ3n) is 8.22. The summed E-state index contributed by atoms with van der Waals surface area (Å²) in [5, 5.41) is 0. The second-order valence-electron chi connectivity index (χ2n) is 10.5. The molecule has 2 aliphatic carbocycles. The number of hydrogen-bond acceptors (Lipinski definition) is 0. The molecule has 0 nitrogen and oxygen atoms in total. The highest BCUT2D eigenvalue weighted by Crippen LogP contribution is 2.58. The molecule has 0 fully saturated rings. The number of hydrogen-bond donors (Lipinski definition) is 0. The highest BCUT2D eigenvalue weighted by molar-refractivity contribution is 6.83. The van der Waals surface area contributed by atoms with Gasteiger partial charge in [0, 0.05) is 11.1 Å². The Balaban J connectivity index is 1.61. The van der Waals surface area contributed by atoms with Crippen molar-refractivity contribution in [1.82, 2.24) is 0 Å². The smallest absolute Gasteiger partial charge is 0.0764 e. The molecule has 0 heterocycles. The van der Waals surface area contributed by atoms with Gasteiger partial charge in [-0.2, -0.15) is 0 Å². The molecular weight excluding hydrogens is 424 g/mol. The summed E-state index contributed by atoms with van der Waals surface area (Å²) < 4.78 is 0. The van der Waals surface area contributed by atoms with E-state index in [1.165, 1.54) is 33.9 Å². The first-order valence-electron chi connectivity index (χ1n) is 12.6. The molecule has 34 heavy (non-hydrogen) atoms. The first-order valence-corrected chi connectivity index (χ1v) is 15.5. The van der Waals surface area contributed by atoms with Crippen molar-refractivity contribution < 1.29 is 0 Å². The molecule has 0 aliphatic heterocycles. The molecule has 0 radical (unpaired) electrons. The number of fused-ring (bicyclic) bond motifs is 6. The molecule has 0 aromatic heterocycles. The summed E-state index contributed by atoms with van der Waals surface area (Å²) in [6.07, 6.45) is 3.62. The standard InChI is InChI=1S/C33H32Si/c1-23(2)13-12-22-34(3,32-28-18-8-4-14-24(28)25-15-5-9-19-29(25)32)33-30-20-10-6-16-26(30)27-17-7-11-21-31(27)33/h4-11,13-21,32-33H,12,22H2,1-3H3. The molecule has 6 rings (SSSR count). The van der Waals surface area contributed by atoms with Gasteiger partial charge in [-0.1, -0.05) is 121 Å². The van der Waals surface area contributed by atoms with Gasteiger partial charge in [-0.3, -0.25) is 0 Å². The first kappa shape index (κ1) is 21.4. The fraction of sp³-hybridized carbons (Fsp3) is 0.212. The highest BCUT2D eigenvalue weighted by atomic mass is 28.3. The third-order valence-corrected chi connectivity index (χ3v) is 13.5. The van der Waals surface area contributed by atoms with Crippen LogP contribution in [0.5, 0.6) is 0 Å². The van der Waals surface area contributed by atoms with Crippen LogP contribution in [0.2, 0.25) is 12.6 Å². The molecule has 0 amide bonds. The predicted molar refractivity (Wildman–Crippen MR) is 148 cm³/mol. The Hall–Kier alpha value is -3.16. The minimum atomic E-state index is -2.00. The summed E-state index contributed by atoms with van der Waals surface area (Å²) in [5.41, 5.74) is 14.4. The lowest BCUT2D eigenvalue weighted by Crippen LogP contribution is -2.45. The molecule has 168 valence electrons. The molecule has 2 aliphatic rings. The molecule has 0 spiro atoms. The van der Waals surface area contributed by atoms with Crippen molar-refractivity contribution >= 4 is 8.07 Å². The van der Waals surface area contributed by atoms with Gasteiger partial charge in [0.25, 0.3) is 0 Å². The van der Waals surface area contributed by atoms with Crippen molar-refractivity contribution in [3.05, 3.63) is 131 Å². The predicted octanol–water partition coefficient (Wildman–Crippen LogP) is 9.12. The van der Waals surface area contributed by atoms with E-state index in [1.54, 1.807) is 22.3 Å². The summed E-state index contributed by atoms with van der Waals surface area (Å²) in [6.45, 7) is 7.18. The number of rotatable bonds is 5. The van der Waals surface area contributed by atoms with Gasteiger partial charge in [-0.05, 0) is 64.8 Å². The highest BCUT2D eigenvalue weighted by Gasteiger charge is 2.51. The van der Waals surface area contributed by atoms with E-state index in [-0.39, 0.29) is 0 Å². The number of benzene rings is 4. The average molecular weight is 457 g/mol. The van der Waals surface area contributed by atoms with E-state index in [0.717, 1.165) is 6.42 Å². The second kappa shape index (κ2) is 8.25. The van der Waals surface area contributed by atoms with Gasteiger partial charge in [0.05, 0.1) is 8.07 Å². The average Bonchev–Trinajstić information content (AvgIpc) is 3.38. The van der Waals surface area contributed by atoms with Crippen LogP contribution in [-0.4, -0.2) is 8.07 Å². The van der Waals surface area contributed by atoms with E-state index in [4.69, 9.17) is 0 Å². The Morgan fingerprint density at radius 1 is 0.588 bits per heavy atom. The molecule has 1 heteroatoms. The van der Waals surface area contributed by atoms with Crippen LogP contribution in [-0.2, 0) is 0 Å². The molecule has 4 aromatic rings. The summed E-state index contributed by atoms with van der Waals surface area (Å²) in [4.78, 5) is 0. The van der Waals surface area contributed by atoms with E-state index in [0.29, 0.717) is 11.1 Å². The Labute approximate surface area is 205 Å². The van der Waals surface area contributed by atoms with Crippen molar-refractivity contribution in [1.29, 1.82) is 0 Å². The van der Waals surface area contributed by atoms with Crippen LogP contribution in [0.3, 0.4) is 0 Å². The maximum absolute atomic E-state index is 2.71. The van der Waals surface area contributed by atoms with Gasteiger partial charge in [0.15, 0.2) is 0 Å². The summed E-state index contributed by atoms with van der Waals surface area (Å²) >= 11 is 0. The Bertz CT molecular complexity index is 1220. The van der Waals surface area contributed by atoms with Gasteiger partial charge in [0.1, 0.15) is 0 Å². The van der Waals surface area contributed by atoms with Crippen LogP contribution >= 0.6 is 0 Å². The number of allylic oxidation sites excluding steroid dienone is 2. The van der Waals surface area contributed by atoms with E-state index < -0.39 is 8.07 Å². The molecule has 0 atom stereocenters. The Morgan fingerprint density at radius 2 is 0.912 bits per heavy atom. The van der Waals surface area contributed by atoms with Crippen LogP contribution in [0.15, 0.2) is 109 Å². The zero-order valence-corrected chi connectivity index (χ0v) is 21.4. The van der Waals surface area contributed by atoms with E-state index in [2.05, 4.69) is 124 Å². The zero-order chi connectivity index (χ0) is 23.3. The summed E-state index contributed by atoms with van der Waals surface area (Å²) in [7, 11) is -2.00. The van der Waals surface area contributed by atoms with Crippen LogP contribution in [0.4, 0.5) is 0 Å². The van der Waals surface area contributed by atoms with Gasteiger partial charge >= 0.3 is 0 Å². The monoisotopic (exact) mass is 456 g/mol. The van der Waals surface area contributed by atoms with Crippen LogP contribution < -0.4 is 0 Å². The van der Waals surface area contributed by atoms with Crippen molar-refractivity contribution in [2.24, 2.45) is 0 Å². The second-order valence-corrected chi connectivity index (χ2v) is 15.2. The maximum Gasteiger partial charge on any atom is 0.0764 e. The van der Waals surface area contributed by atoms with Crippen molar-refractivity contribution in [2.45, 2.75) is 43.9 Å². The van der Waals surface area contributed by atoms with E-state index >= 15 is 0 Å². The van der Waals surface area contributed by atoms with Crippen LogP contribution in [0.1, 0.15) is 53.6 Å². The third kappa shape index (κ3) is 3.18. The summed E-state index contributed by atoms with van der Waals surface area (Å²) in [6, 6.07) is 38.1. The van der Waals surface area contributed by atoms with Crippen molar-refractivity contribution in [3.8, 4) is 22.3 Å². The lowest BCUT2D eigenvalue weighted by molar-refractivity contribution is 0.949. The lowest BCUT2D eigenvalue weighted by Gasteiger charge is -2.41. The minimum absolute atomic E-state index is 0.495. The fourth-order valence-corrected chi connectivity index (χ4v) is 12.4. The molecule has 0 N–H and O–H groups in total. The van der Waals surface area contributed by atoms with Gasteiger partial charge in [-0.25, -0.2) is 0 Å². The maximum atomic E-state index is 2.71. The fourth-order valence-electron chi connectivity index (χ4n) is 6.86. The molecule has 4 aromatic carbocycles. The SMILES string of the molecule is CC(C)=CCC[Si](C)(C1c2ccccc2-c2ccccc21)C1c2ccccc2-c2ccccc21. The topological polar surface area (TPSA) is 0 Å². The molecule has 0 unspecified atom stereocenters. The molecule has 0 bridgehead atoms. The first-order chi connectivity index (χ1) is 16.6. The van der Waals surface area contributed by atoms with Crippen LogP contribution in [0, 0.1) is 0 Å².